The van der Waals surface area contributed by atoms with Gasteiger partial charge in [-0.05, 0) is 30.4 Å². The number of aliphatic hydroxyl groups is 2. The third kappa shape index (κ3) is 5.47. The first-order chi connectivity index (χ1) is 19.2. The van der Waals surface area contributed by atoms with Crippen LogP contribution in [0.3, 0.4) is 0 Å². The maximum atomic E-state index is 12.7. The number of fused-ring (bicyclic) bond motifs is 2. The molecule has 2 unspecified atom stereocenters. The van der Waals surface area contributed by atoms with E-state index in [0.29, 0.717) is 12.0 Å². The summed E-state index contributed by atoms with van der Waals surface area (Å²) < 4.78 is 22.1. The molecule has 1 aromatic carbocycles. The van der Waals surface area contributed by atoms with E-state index >= 15 is 0 Å². The number of rotatable bonds is 14. The molecule has 0 saturated carbocycles. The predicted molar refractivity (Wildman–Crippen MR) is 139 cm³/mol. The van der Waals surface area contributed by atoms with Crippen LogP contribution in [0, 0.1) is 5.92 Å². The van der Waals surface area contributed by atoms with Gasteiger partial charge >= 0.3 is 23.9 Å². The van der Waals surface area contributed by atoms with E-state index in [-0.39, 0.29) is 18.8 Å². The summed E-state index contributed by atoms with van der Waals surface area (Å²) in [6, 6.07) is 9.37. The van der Waals surface area contributed by atoms with Gasteiger partial charge in [0.1, 0.15) is 18.3 Å². The fourth-order valence-electron chi connectivity index (χ4n) is 5.66. The molecule has 0 amide bonds. The van der Waals surface area contributed by atoms with Gasteiger partial charge in [0.25, 0.3) is 0 Å². The summed E-state index contributed by atoms with van der Waals surface area (Å²) in [5, 5.41) is 52.4. The number of carbonyl (C=O) groups excluding carboxylic acids is 1. The molecule has 0 radical (unpaired) electrons. The molecule has 1 aromatic rings. The van der Waals surface area contributed by atoms with E-state index < -0.39 is 78.3 Å². The number of carboxylic acid groups (broad SMARTS) is 3. The SMILES string of the molecule is C=C(CC[C@@]12O[C@H](C(=O)O)[C@@](OCCC)(C(=O)O)[C@@](C(=O)O)(O1)[C@H](O)[C@H]2O)C(OC(C)=O)C(C)Cc1ccccc1. The Bertz CT molecular complexity index is 1170. The molecule has 41 heavy (non-hydrogen) atoms. The fraction of sp³-hybridized carbons (Fsp3) is 0.571. The van der Waals surface area contributed by atoms with E-state index in [0.717, 1.165) is 5.56 Å². The van der Waals surface area contributed by atoms with E-state index in [4.69, 9.17) is 18.9 Å². The highest BCUT2D eigenvalue weighted by molar-refractivity contribution is 5.98. The van der Waals surface area contributed by atoms with Crippen molar-refractivity contribution in [3.05, 3.63) is 48.0 Å². The van der Waals surface area contributed by atoms with E-state index in [1.807, 2.05) is 37.3 Å². The number of carbonyl (C=O) groups is 4. The zero-order valence-electron chi connectivity index (χ0n) is 23.0. The minimum atomic E-state index is -3.26. The van der Waals surface area contributed by atoms with Crippen molar-refractivity contribution >= 4 is 23.9 Å². The fourth-order valence-corrected chi connectivity index (χ4v) is 5.66. The summed E-state index contributed by atoms with van der Waals surface area (Å²) in [4.78, 5) is 49.5. The van der Waals surface area contributed by atoms with Crippen LogP contribution in [0.5, 0.6) is 0 Å². The monoisotopic (exact) mass is 580 g/mol. The Labute approximate surface area is 236 Å². The third-order valence-corrected chi connectivity index (χ3v) is 7.54. The van der Waals surface area contributed by atoms with Crippen LogP contribution >= 0.6 is 0 Å². The molecule has 3 rings (SSSR count). The zero-order chi connectivity index (χ0) is 30.8. The van der Waals surface area contributed by atoms with Crippen molar-refractivity contribution in [3.63, 3.8) is 0 Å². The van der Waals surface area contributed by atoms with Crippen LogP contribution in [0.4, 0.5) is 0 Å². The molecular weight excluding hydrogens is 544 g/mol. The minimum Gasteiger partial charge on any atom is -0.479 e. The summed E-state index contributed by atoms with van der Waals surface area (Å²) in [6.07, 6.45) is -7.99. The lowest BCUT2D eigenvalue weighted by molar-refractivity contribution is -0.380. The topological polar surface area (TPSA) is 206 Å². The number of aliphatic carboxylic acids is 3. The maximum Gasteiger partial charge on any atom is 0.343 e. The normalized spacial score (nSPS) is 32.1. The second-order valence-electron chi connectivity index (χ2n) is 10.4. The van der Waals surface area contributed by atoms with Gasteiger partial charge in [0.15, 0.2) is 5.79 Å². The Morgan fingerprint density at radius 1 is 1.05 bits per heavy atom. The first-order valence-corrected chi connectivity index (χ1v) is 13.2. The standard InChI is InChI=1S/C28H36O13/c1-5-13-38-28(25(36)37)22(23(32)33)40-26(20(30)21(31)27(28,41-26)24(34)35)12-11-15(2)19(39-17(4)29)16(3)14-18-9-7-6-8-10-18/h6-10,16,19-22,30-31H,2,5,11-14H2,1,3-4H3,(H,32,33)(H,34,35)(H,36,37)/t16?,19?,20-,21-,22-,26-,27-,28-/m1/s1. The van der Waals surface area contributed by atoms with Crippen LogP contribution in [-0.4, -0.2) is 97.4 Å². The molecule has 2 aliphatic heterocycles. The van der Waals surface area contributed by atoms with Crippen LogP contribution < -0.4 is 0 Å². The van der Waals surface area contributed by atoms with E-state index in [2.05, 4.69) is 6.58 Å². The highest BCUT2D eigenvalue weighted by Gasteiger charge is 2.85. The molecule has 13 heteroatoms. The number of hydrogen-bond donors (Lipinski definition) is 5. The van der Waals surface area contributed by atoms with E-state index in [9.17, 15) is 44.7 Å². The van der Waals surface area contributed by atoms with Gasteiger partial charge in [0.2, 0.25) is 17.3 Å². The Morgan fingerprint density at radius 2 is 1.68 bits per heavy atom. The largest absolute Gasteiger partial charge is 0.479 e. The molecule has 2 fully saturated rings. The van der Waals surface area contributed by atoms with Crippen molar-refractivity contribution < 1.29 is 63.7 Å². The lowest BCUT2D eigenvalue weighted by atomic mass is 9.74. The van der Waals surface area contributed by atoms with Gasteiger partial charge in [0.05, 0.1) is 0 Å². The van der Waals surface area contributed by atoms with Crippen LogP contribution in [-0.2, 0) is 44.5 Å². The molecule has 5 N–H and O–H groups in total. The molecule has 13 nitrogen and oxygen atoms in total. The molecule has 2 saturated heterocycles. The second kappa shape index (κ2) is 12.2. The minimum absolute atomic E-state index is 0.152. The number of esters is 1. The molecular formula is C28H36O13. The molecule has 2 aliphatic rings. The smallest absolute Gasteiger partial charge is 0.343 e. The Morgan fingerprint density at radius 3 is 2.20 bits per heavy atom. The summed E-state index contributed by atoms with van der Waals surface area (Å²) in [5.41, 5.74) is -5.25. The highest BCUT2D eigenvalue weighted by Crippen LogP contribution is 2.56. The molecule has 2 heterocycles. The number of aliphatic hydroxyl groups excluding tert-OH is 2. The summed E-state index contributed by atoms with van der Waals surface area (Å²) in [6.45, 7) is 8.19. The molecule has 2 bridgehead atoms. The number of ether oxygens (including phenoxy) is 4. The van der Waals surface area contributed by atoms with E-state index in [1.165, 1.54) is 6.92 Å². The average molecular weight is 581 g/mol. The third-order valence-electron chi connectivity index (χ3n) is 7.54. The first kappa shape index (κ1) is 32.2. The quantitative estimate of drug-likeness (QED) is 0.155. The first-order valence-electron chi connectivity index (χ1n) is 13.2. The van der Waals surface area contributed by atoms with Crippen molar-refractivity contribution in [1.82, 2.24) is 0 Å². The van der Waals surface area contributed by atoms with Crippen molar-refractivity contribution in [2.75, 3.05) is 6.61 Å². The molecule has 0 aliphatic carbocycles. The van der Waals surface area contributed by atoms with Crippen molar-refractivity contribution in [3.8, 4) is 0 Å². The van der Waals surface area contributed by atoms with Crippen molar-refractivity contribution in [1.29, 1.82) is 0 Å². The van der Waals surface area contributed by atoms with Crippen molar-refractivity contribution in [2.24, 2.45) is 5.92 Å². The predicted octanol–water partition coefficient (Wildman–Crippen LogP) is 1.14. The number of carboxylic acids is 3. The number of benzene rings is 1. The van der Waals surface area contributed by atoms with Crippen molar-refractivity contribution in [2.45, 2.75) is 87.9 Å². The van der Waals surface area contributed by atoms with Gasteiger partial charge in [-0.2, -0.15) is 0 Å². The van der Waals surface area contributed by atoms with Crippen LogP contribution in [0.2, 0.25) is 0 Å². The zero-order valence-corrected chi connectivity index (χ0v) is 23.0. The lowest BCUT2D eigenvalue weighted by Crippen LogP contribution is -2.78. The van der Waals surface area contributed by atoms with Gasteiger partial charge in [-0.15, -0.1) is 0 Å². The van der Waals surface area contributed by atoms with Gasteiger partial charge in [-0.1, -0.05) is 50.8 Å². The molecule has 0 aromatic heterocycles. The molecule has 226 valence electrons. The molecule has 0 spiro atoms. The number of hydrogen-bond acceptors (Lipinski definition) is 10. The van der Waals surface area contributed by atoms with E-state index in [1.54, 1.807) is 6.92 Å². The summed E-state index contributed by atoms with van der Waals surface area (Å²) in [7, 11) is 0. The van der Waals surface area contributed by atoms with Crippen LogP contribution in [0.25, 0.3) is 0 Å². The average Bonchev–Trinajstić information content (AvgIpc) is 3.10. The molecule has 8 atom stereocenters. The highest BCUT2D eigenvalue weighted by atomic mass is 16.8. The Kier molecular flexibility index (Phi) is 9.61. The summed E-state index contributed by atoms with van der Waals surface area (Å²) in [5.74, 6) is -9.40. The second-order valence-corrected chi connectivity index (χ2v) is 10.4. The van der Waals surface area contributed by atoms with Gasteiger partial charge < -0.3 is 44.5 Å². The van der Waals surface area contributed by atoms with Gasteiger partial charge in [-0.3, -0.25) is 4.79 Å². The lowest BCUT2D eigenvalue weighted by Gasteiger charge is -2.50. The summed E-state index contributed by atoms with van der Waals surface area (Å²) >= 11 is 0. The Hall–Kier alpha value is -3.36. The van der Waals surface area contributed by atoms with Gasteiger partial charge in [0, 0.05) is 25.9 Å². The van der Waals surface area contributed by atoms with Crippen LogP contribution in [0.1, 0.15) is 45.6 Å². The maximum absolute atomic E-state index is 12.7. The Balaban J connectivity index is 1.98. The van der Waals surface area contributed by atoms with Gasteiger partial charge in [-0.25, -0.2) is 14.4 Å². The van der Waals surface area contributed by atoms with Crippen LogP contribution in [0.15, 0.2) is 42.5 Å².